The molecule has 1 aliphatic carbocycles. The zero-order valence-corrected chi connectivity index (χ0v) is 22.1. The lowest BCUT2D eigenvalue weighted by molar-refractivity contribution is 0.392. The molecule has 0 spiro atoms. The smallest absolute Gasteiger partial charge is 0.226 e. The highest BCUT2D eigenvalue weighted by atomic mass is 35.5. The molecule has 2 aromatic carbocycles. The Balaban J connectivity index is 1.35. The van der Waals surface area contributed by atoms with Gasteiger partial charge in [0.1, 0.15) is 23.0 Å². The Hall–Kier alpha value is -4.04. The SMILES string of the molecule is COc1cc(OC)cc(C2CCC(n3cc(-c4ccn(Cc5ccccc5)n4)c4c(N)nc(Cl)nc43)C2)c1. The van der Waals surface area contributed by atoms with E-state index in [9.17, 15) is 0 Å². The van der Waals surface area contributed by atoms with Gasteiger partial charge >= 0.3 is 0 Å². The van der Waals surface area contributed by atoms with Gasteiger partial charge in [0, 0.05) is 30.1 Å². The molecule has 38 heavy (non-hydrogen) atoms. The Morgan fingerprint density at radius 2 is 1.76 bits per heavy atom. The van der Waals surface area contributed by atoms with E-state index >= 15 is 0 Å². The van der Waals surface area contributed by atoms with Crippen molar-refractivity contribution in [3.05, 3.63) is 83.4 Å². The number of methoxy groups -OCH3 is 2. The van der Waals surface area contributed by atoms with Gasteiger partial charge in [-0.2, -0.15) is 10.1 Å². The van der Waals surface area contributed by atoms with E-state index in [-0.39, 0.29) is 11.3 Å². The number of rotatable bonds is 7. The maximum absolute atomic E-state index is 6.41. The summed E-state index contributed by atoms with van der Waals surface area (Å²) in [5.41, 5.74) is 11.3. The van der Waals surface area contributed by atoms with E-state index in [0.29, 0.717) is 18.3 Å². The Kier molecular flexibility index (Phi) is 6.41. The summed E-state index contributed by atoms with van der Waals surface area (Å²) in [6, 6.07) is 18.6. The molecule has 3 aromatic heterocycles. The number of nitrogen functional groups attached to an aromatic ring is 1. The maximum atomic E-state index is 6.41. The van der Waals surface area contributed by atoms with Gasteiger partial charge in [0.2, 0.25) is 5.28 Å². The Bertz CT molecular complexity index is 1570. The number of hydrogen-bond acceptors (Lipinski definition) is 6. The highest BCUT2D eigenvalue weighted by Gasteiger charge is 2.30. The van der Waals surface area contributed by atoms with Gasteiger partial charge in [0.15, 0.2) is 0 Å². The van der Waals surface area contributed by atoms with Crippen LogP contribution in [0.15, 0.2) is 67.0 Å². The first-order valence-corrected chi connectivity index (χ1v) is 13.0. The van der Waals surface area contributed by atoms with E-state index in [1.807, 2.05) is 41.2 Å². The fourth-order valence-corrected chi connectivity index (χ4v) is 5.73. The molecule has 0 bridgehead atoms. The van der Waals surface area contributed by atoms with Crippen LogP contribution in [0.3, 0.4) is 0 Å². The van der Waals surface area contributed by atoms with Gasteiger partial charge in [-0.15, -0.1) is 0 Å². The molecule has 5 aromatic rings. The largest absolute Gasteiger partial charge is 0.497 e. The number of hydrogen-bond donors (Lipinski definition) is 1. The number of fused-ring (bicyclic) bond motifs is 1. The van der Waals surface area contributed by atoms with Crippen molar-refractivity contribution in [2.45, 2.75) is 37.8 Å². The molecular weight excluding hydrogens is 500 g/mol. The van der Waals surface area contributed by atoms with Crippen LogP contribution in [-0.2, 0) is 6.54 Å². The second-order valence-electron chi connectivity index (χ2n) is 9.72. The van der Waals surface area contributed by atoms with Crippen LogP contribution in [0.25, 0.3) is 22.3 Å². The lowest BCUT2D eigenvalue weighted by atomic mass is 9.97. The zero-order valence-electron chi connectivity index (χ0n) is 21.3. The number of benzene rings is 2. The van der Waals surface area contributed by atoms with Gasteiger partial charge in [0.25, 0.3) is 0 Å². The third kappa shape index (κ3) is 4.56. The predicted molar refractivity (Wildman–Crippen MR) is 149 cm³/mol. The summed E-state index contributed by atoms with van der Waals surface area (Å²) >= 11 is 6.28. The second-order valence-corrected chi connectivity index (χ2v) is 10.1. The molecular formula is C29H29ClN6O2. The fourth-order valence-electron chi connectivity index (χ4n) is 5.56. The number of nitrogens with zero attached hydrogens (tertiary/aromatic N) is 5. The molecule has 0 radical (unpaired) electrons. The fraction of sp³-hybridized carbons (Fsp3) is 0.276. The molecule has 2 N–H and O–H groups in total. The van der Waals surface area contributed by atoms with Crippen LogP contribution in [0, 0.1) is 0 Å². The minimum Gasteiger partial charge on any atom is -0.497 e. The quantitative estimate of drug-likeness (QED) is 0.256. The van der Waals surface area contributed by atoms with Crippen molar-refractivity contribution in [3.8, 4) is 22.8 Å². The summed E-state index contributed by atoms with van der Waals surface area (Å²) in [6.45, 7) is 0.686. The highest BCUT2D eigenvalue weighted by Crippen LogP contribution is 2.45. The molecule has 8 nitrogen and oxygen atoms in total. The summed E-state index contributed by atoms with van der Waals surface area (Å²) in [6.07, 6.45) is 7.08. The van der Waals surface area contributed by atoms with E-state index in [0.717, 1.165) is 53.1 Å². The van der Waals surface area contributed by atoms with Crippen molar-refractivity contribution in [1.82, 2.24) is 24.3 Å². The molecule has 0 amide bonds. The van der Waals surface area contributed by atoms with E-state index in [1.165, 1.54) is 11.1 Å². The van der Waals surface area contributed by atoms with Gasteiger partial charge in [-0.05, 0) is 66.1 Å². The molecule has 1 saturated carbocycles. The second kappa shape index (κ2) is 10.0. The average molecular weight is 529 g/mol. The summed E-state index contributed by atoms with van der Waals surface area (Å²) in [7, 11) is 3.36. The predicted octanol–water partition coefficient (Wildman–Crippen LogP) is 6.10. The van der Waals surface area contributed by atoms with Crippen LogP contribution >= 0.6 is 11.6 Å². The van der Waals surface area contributed by atoms with Crippen LogP contribution in [0.4, 0.5) is 5.82 Å². The Labute approximate surface area is 226 Å². The molecule has 0 saturated heterocycles. The van der Waals surface area contributed by atoms with Crippen molar-refractivity contribution >= 4 is 28.5 Å². The van der Waals surface area contributed by atoms with Crippen molar-refractivity contribution in [2.24, 2.45) is 0 Å². The molecule has 194 valence electrons. The third-order valence-corrected chi connectivity index (χ3v) is 7.59. The molecule has 0 aliphatic heterocycles. The van der Waals surface area contributed by atoms with E-state index in [2.05, 4.69) is 45.0 Å². The van der Waals surface area contributed by atoms with Crippen LogP contribution in [0.1, 0.15) is 42.3 Å². The summed E-state index contributed by atoms with van der Waals surface area (Å²) in [5, 5.41) is 5.79. The number of anilines is 1. The van der Waals surface area contributed by atoms with Crippen LogP contribution in [0.2, 0.25) is 5.28 Å². The number of nitrogens with two attached hydrogens (primary N) is 1. The molecule has 6 rings (SSSR count). The van der Waals surface area contributed by atoms with Crippen LogP contribution in [0.5, 0.6) is 11.5 Å². The van der Waals surface area contributed by atoms with Gasteiger partial charge in [-0.25, -0.2) is 4.98 Å². The van der Waals surface area contributed by atoms with E-state index < -0.39 is 0 Å². The number of aromatic nitrogens is 5. The zero-order chi connectivity index (χ0) is 26.2. The molecule has 3 heterocycles. The monoisotopic (exact) mass is 528 g/mol. The Morgan fingerprint density at radius 1 is 1.00 bits per heavy atom. The molecule has 1 aliphatic rings. The van der Waals surface area contributed by atoms with Gasteiger partial charge < -0.3 is 19.8 Å². The highest BCUT2D eigenvalue weighted by molar-refractivity contribution is 6.29. The minimum absolute atomic E-state index is 0.141. The number of ether oxygens (including phenoxy) is 2. The van der Waals surface area contributed by atoms with Crippen molar-refractivity contribution < 1.29 is 9.47 Å². The normalized spacial score (nSPS) is 17.2. The first-order valence-electron chi connectivity index (χ1n) is 12.7. The number of halogens is 1. The van der Waals surface area contributed by atoms with Crippen LogP contribution < -0.4 is 15.2 Å². The van der Waals surface area contributed by atoms with Gasteiger partial charge in [-0.3, -0.25) is 4.68 Å². The first kappa shape index (κ1) is 24.3. The van der Waals surface area contributed by atoms with E-state index in [1.54, 1.807) is 14.2 Å². The maximum Gasteiger partial charge on any atom is 0.226 e. The topological polar surface area (TPSA) is 93.0 Å². The van der Waals surface area contributed by atoms with Crippen molar-refractivity contribution in [1.29, 1.82) is 0 Å². The van der Waals surface area contributed by atoms with Crippen molar-refractivity contribution in [2.75, 3.05) is 20.0 Å². The molecule has 2 atom stereocenters. The minimum atomic E-state index is 0.141. The first-order chi connectivity index (χ1) is 18.5. The van der Waals surface area contributed by atoms with Crippen molar-refractivity contribution in [3.63, 3.8) is 0 Å². The standard InChI is InChI=1S/C29H29ClN6O2/c1-37-22-13-20(14-23(15-22)38-2)19-8-9-21(12-19)36-17-24(26-27(31)32-29(30)33-28(26)36)25-10-11-35(34-25)16-18-6-4-3-5-7-18/h3-7,10-11,13-15,17,19,21H,8-9,12,16H2,1-2H3,(H2,31,32,33). The van der Waals surface area contributed by atoms with Gasteiger partial charge in [-0.1, -0.05) is 30.3 Å². The molecule has 1 fully saturated rings. The van der Waals surface area contributed by atoms with Crippen LogP contribution in [-0.4, -0.2) is 38.5 Å². The third-order valence-electron chi connectivity index (χ3n) is 7.42. The molecule has 2 unspecified atom stereocenters. The Morgan fingerprint density at radius 3 is 2.50 bits per heavy atom. The summed E-state index contributed by atoms with van der Waals surface area (Å²) < 4.78 is 15.2. The van der Waals surface area contributed by atoms with Gasteiger partial charge in [0.05, 0.1) is 31.8 Å². The molecule has 9 heteroatoms. The van der Waals surface area contributed by atoms with E-state index in [4.69, 9.17) is 31.9 Å². The summed E-state index contributed by atoms with van der Waals surface area (Å²) in [4.78, 5) is 8.88. The average Bonchev–Trinajstić information content (AvgIpc) is 3.67. The lowest BCUT2D eigenvalue weighted by Crippen LogP contribution is -2.06. The lowest BCUT2D eigenvalue weighted by Gasteiger charge is -2.16. The summed E-state index contributed by atoms with van der Waals surface area (Å²) in [5.74, 6) is 2.33.